The first-order valence-corrected chi connectivity index (χ1v) is 5.32. The van der Waals surface area contributed by atoms with Gasteiger partial charge in [-0.3, -0.25) is 9.69 Å². The molecule has 2 rings (SSSR count). The van der Waals surface area contributed by atoms with E-state index < -0.39 is 18.3 Å². The molecule has 0 bridgehead atoms. The van der Waals surface area contributed by atoms with E-state index in [1.165, 1.54) is 0 Å². The molecule has 0 aromatic rings. The molecule has 15 heavy (non-hydrogen) atoms. The number of hydrogen-bond acceptors (Lipinski definition) is 5. The second-order valence-corrected chi connectivity index (χ2v) is 4.61. The zero-order valence-corrected chi connectivity index (χ0v) is 8.71. The number of aliphatic hydroxyl groups is 3. The van der Waals surface area contributed by atoms with Gasteiger partial charge in [-0.05, 0) is 6.92 Å². The van der Waals surface area contributed by atoms with Gasteiger partial charge < -0.3 is 15.3 Å². The third-order valence-electron chi connectivity index (χ3n) is 3.49. The summed E-state index contributed by atoms with van der Waals surface area (Å²) < 4.78 is 0. The number of carbonyl (C=O) groups excluding carboxylic acids is 1. The Labute approximate surface area is 88.3 Å². The summed E-state index contributed by atoms with van der Waals surface area (Å²) in [6.45, 7) is 2.23. The van der Waals surface area contributed by atoms with E-state index in [-0.39, 0.29) is 24.3 Å². The van der Waals surface area contributed by atoms with Gasteiger partial charge in [0.15, 0.2) is 0 Å². The molecule has 0 saturated carbocycles. The highest BCUT2D eigenvalue weighted by atomic mass is 16.4. The Balaban J connectivity index is 2.18. The minimum absolute atomic E-state index is 0.0352. The van der Waals surface area contributed by atoms with Gasteiger partial charge in [-0.25, -0.2) is 0 Å². The van der Waals surface area contributed by atoms with Crippen LogP contribution >= 0.6 is 0 Å². The van der Waals surface area contributed by atoms with Gasteiger partial charge in [-0.2, -0.15) is 0 Å². The molecule has 2 aliphatic heterocycles. The number of aliphatic hydroxyl groups excluding tert-OH is 3. The predicted octanol–water partition coefficient (Wildman–Crippen LogP) is -1.50. The molecule has 0 aromatic carbocycles. The Hall–Kier alpha value is -0.490. The number of ketones is 1. The van der Waals surface area contributed by atoms with Crippen LogP contribution in [0.2, 0.25) is 0 Å². The summed E-state index contributed by atoms with van der Waals surface area (Å²) in [4.78, 5) is 13.3. The van der Waals surface area contributed by atoms with Crippen molar-refractivity contribution in [3.8, 4) is 0 Å². The van der Waals surface area contributed by atoms with Crippen LogP contribution in [0.4, 0.5) is 0 Å². The van der Waals surface area contributed by atoms with Crippen molar-refractivity contribution in [2.45, 2.75) is 50.2 Å². The molecule has 0 aliphatic carbocycles. The lowest BCUT2D eigenvalue weighted by molar-refractivity contribution is -0.161. The van der Waals surface area contributed by atoms with Gasteiger partial charge >= 0.3 is 0 Å². The van der Waals surface area contributed by atoms with Crippen molar-refractivity contribution in [2.24, 2.45) is 0 Å². The molecule has 0 unspecified atom stereocenters. The summed E-state index contributed by atoms with van der Waals surface area (Å²) >= 11 is 0. The summed E-state index contributed by atoms with van der Waals surface area (Å²) in [5.74, 6) is 0.117. The Morgan fingerprint density at radius 2 is 1.87 bits per heavy atom. The smallest absolute Gasteiger partial charge is 0.136 e. The number of rotatable bonds is 0. The van der Waals surface area contributed by atoms with Crippen molar-refractivity contribution in [3.63, 3.8) is 0 Å². The lowest BCUT2D eigenvalue weighted by Crippen LogP contribution is -2.65. The number of hydrogen-bond donors (Lipinski definition) is 3. The number of carbonyl (C=O) groups is 1. The first-order valence-electron chi connectivity index (χ1n) is 5.32. The highest BCUT2D eigenvalue weighted by molar-refractivity contribution is 5.80. The summed E-state index contributed by atoms with van der Waals surface area (Å²) in [7, 11) is 0. The Morgan fingerprint density at radius 3 is 2.53 bits per heavy atom. The second-order valence-electron chi connectivity index (χ2n) is 4.61. The molecule has 2 saturated heterocycles. The summed E-state index contributed by atoms with van der Waals surface area (Å²) in [5, 5.41) is 28.8. The van der Waals surface area contributed by atoms with E-state index >= 15 is 0 Å². The average molecular weight is 215 g/mol. The van der Waals surface area contributed by atoms with Gasteiger partial charge in [0, 0.05) is 31.5 Å². The molecule has 0 radical (unpaired) electrons. The van der Waals surface area contributed by atoms with Crippen LogP contribution in [0.1, 0.15) is 19.8 Å². The molecule has 0 amide bonds. The van der Waals surface area contributed by atoms with Crippen LogP contribution in [0.3, 0.4) is 0 Å². The standard InChI is InChI=1S/C10H17NO4/c1-5-2-6(12)3-7-9(14)10(15)8(13)4-11(5)7/h5,7-10,13-15H,2-4H2,1H3/t5-,7+,8-,9+,10-/m1/s1. The van der Waals surface area contributed by atoms with Gasteiger partial charge in [0.25, 0.3) is 0 Å². The maximum atomic E-state index is 11.4. The van der Waals surface area contributed by atoms with Crippen molar-refractivity contribution >= 4 is 5.78 Å². The van der Waals surface area contributed by atoms with Gasteiger partial charge in [0.2, 0.25) is 0 Å². The van der Waals surface area contributed by atoms with Gasteiger partial charge in [-0.15, -0.1) is 0 Å². The fourth-order valence-electron chi connectivity index (χ4n) is 2.62. The highest BCUT2D eigenvalue weighted by Crippen LogP contribution is 2.29. The third-order valence-corrected chi connectivity index (χ3v) is 3.49. The largest absolute Gasteiger partial charge is 0.389 e. The van der Waals surface area contributed by atoms with E-state index in [0.717, 1.165) is 0 Å². The molecule has 5 atom stereocenters. The van der Waals surface area contributed by atoms with Crippen molar-refractivity contribution < 1.29 is 20.1 Å². The first kappa shape index (κ1) is 11.0. The third kappa shape index (κ3) is 1.80. The number of fused-ring (bicyclic) bond motifs is 1. The summed E-state index contributed by atoms with van der Waals surface area (Å²) in [5.41, 5.74) is 0. The van der Waals surface area contributed by atoms with Crippen molar-refractivity contribution in [1.29, 1.82) is 0 Å². The highest BCUT2D eigenvalue weighted by Gasteiger charge is 2.46. The lowest BCUT2D eigenvalue weighted by atomic mass is 9.84. The van der Waals surface area contributed by atoms with E-state index in [4.69, 9.17) is 0 Å². The van der Waals surface area contributed by atoms with Crippen LogP contribution in [-0.4, -0.2) is 62.9 Å². The zero-order valence-electron chi connectivity index (χ0n) is 8.71. The topological polar surface area (TPSA) is 81.0 Å². The fourth-order valence-corrected chi connectivity index (χ4v) is 2.62. The monoisotopic (exact) mass is 215 g/mol. The van der Waals surface area contributed by atoms with Crippen LogP contribution in [0.25, 0.3) is 0 Å². The minimum Gasteiger partial charge on any atom is -0.389 e. The lowest BCUT2D eigenvalue weighted by Gasteiger charge is -2.48. The van der Waals surface area contributed by atoms with Crippen LogP contribution in [0.15, 0.2) is 0 Å². The van der Waals surface area contributed by atoms with E-state index in [9.17, 15) is 20.1 Å². The first-order chi connectivity index (χ1) is 7.00. The Morgan fingerprint density at radius 1 is 1.20 bits per heavy atom. The maximum Gasteiger partial charge on any atom is 0.136 e. The zero-order chi connectivity index (χ0) is 11.2. The summed E-state index contributed by atoms with van der Waals surface area (Å²) in [6, 6.07) is -0.298. The molecule has 2 fully saturated rings. The van der Waals surface area contributed by atoms with Gasteiger partial charge in [-0.1, -0.05) is 0 Å². The van der Waals surface area contributed by atoms with Crippen molar-refractivity contribution in [3.05, 3.63) is 0 Å². The fraction of sp³-hybridized carbons (Fsp3) is 0.900. The Kier molecular flexibility index (Phi) is 2.81. The molecule has 0 spiro atoms. The van der Waals surface area contributed by atoms with Gasteiger partial charge in [0.1, 0.15) is 11.9 Å². The van der Waals surface area contributed by atoms with Crippen LogP contribution in [-0.2, 0) is 4.79 Å². The Bertz CT molecular complexity index is 270. The van der Waals surface area contributed by atoms with Crippen LogP contribution in [0.5, 0.6) is 0 Å². The maximum absolute atomic E-state index is 11.4. The van der Waals surface area contributed by atoms with Gasteiger partial charge in [0.05, 0.1) is 12.2 Å². The number of nitrogens with zero attached hydrogens (tertiary/aromatic N) is 1. The second kappa shape index (κ2) is 3.83. The van der Waals surface area contributed by atoms with E-state index in [1.807, 2.05) is 11.8 Å². The molecule has 0 aromatic heterocycles. The molecular weight excluding hydrogens is 198 g/mol. The van der Waals surface area contributed by atoms with E-state index in [0.29, 0.717) is 13.0 Å². The van der Waals surface area contributed by atoms with Crippen molar-refractivity contribution in [1.82, 2.24) is 4.90 Å². The normalized spacial score (nSPS) is 47.7. The average Bonchev–Trinajstić information content (AvgIpc) is 2.17. The van der Waals surface area contributed by atoms with E-state index in [2.05, 4.69) is 0 Å². The van der Waals surface area contributed by atoms with Crippen LogP contribution in [0, 0.1) is 0 Å². The SMILES string of the molecule is C[C@@H]1CC(=O)C[C@H]2[C@H](O)[C@H](O)[C@H](O)CN12. The number of Topliss-reactive ketones (excluding diaryl/α,β-unsaturated/α-hetero) is 1. The summed E-state index contributed by atoms with van der Waals surface area (Å²) in [6.07, 6.45) is -2.35. The predicted molar refractivity (Wildman–Crippen MR) is 52.2 cm³/mol. The number of piperidine rings is 2. The molecule has 5 nitrogen and oxygen atoms in total. The minimum atomic E-state index is -1.13. The van der Waals surface area contributed by atoms with Crippen molar-refractivity contribution in [2.75, 3.05) is 6.54 Å². The molecule has 5 heteroatoms. The molecule has 2 aliphatic rings. The quantitative estimate of drug-likeness (QED) is 0.458. The molecule has 86 valence electrons. The molecular formula is C10H17NO4. The van der Waals surface area contributed by atoms with E-state index in [1.54, 1.807) is 0 Å². The molecule has 3 N–H and O–H groups in total. The molecule has 2 heterocycles. The van der Waals surface area contributed by atoms with Crippen LogP contribution < -0.4 is 0 Å².